The molecule has 0 N–H and O–H groups in total. The van der Waals surface area contributed by atoms with Gasteiger partial charge in [-0.25, -0.2) is 0 Å². The lowest BCUT2D eigenvalue weighted by molar-refractivity contribution is 0.339. The predicted molar refractivity (Wildman–Crippen MR) is 52.4 cm³/mol. The SMILES string of the molecule is C=Cc1cc(C)ccc1OCC. The minimum Gasteiger partial charge on any atom is -0.493 e. The number of aryl methyl sites for hydroxylation is 1. The Bertz CT molecular complexity index is 276. The molecule has 0 saturated carbocycles. The molecule has 1 aromatic carbocycles. The van der Waals surface area contributed by atoms with Crippen molar-refractivity contribution in [2.24, 2.45) is 0 Å². The van der Waals surface area contributed by atoms with Crippen LogP contribution in [-0.4, -0.2) is 6.61 Å². The van der Waals surface area contributed by atoms with Crippen LogP contribution in [0.3, 0.4) is 0 Å². The van der Waals surface area contributed by atoms with Crippen molar-refractivity contribution in [3.8, 4) is 5.75 Å². The maximum atomic E-state index is 5.41. The minimum absolute atomic E-state index is 0.698. The van der Waals surface area contributed by atoms with Gasteiger partial charge in [0.1, 0.15) is 5.75 Å². The van der Waals surface area contributed by atoms with E-state index in [-0.39, 0.29) is 0 Å². The highest BCUT2D eigenvalue weighted by molar-refractivity contribution is 5.56. The van der Waals surface area contributed by atoms with Gasteiger partial charge in [-0.2, -0.15) is 0 Å². The molecular formula is C11H14O. The molecule has 64 valence electrons. The Balaban J connectivity index is 3.02. The lowest BCUT2D eigenvalue weighted by Crippen LogP contribution is -1.93. The Kier molecular flexibility index (Phi) is 2.92. The summed E-state index contributed by atoms with van der Waals surface area (Å²) in [5, 5.41) is 0. The zero-order valence-electron chi connectivity index (χ0n) is 7.63. The van der Waals surface area contributed by atoms with Crippen molar-refractivity contribution in [3.05, 3.63) is 35.9 Å². The molecular weight excluding hydrogens is 148 g/mol. The van der Waals surface area contributed by atoms with E-state index in [2.05, 4.69) is 19.6 Å². The van der Waals surface area contributed by atoms with Gasteiger partial charge < -0.3 is 4.74 Å². The second kappa shape index (κ2) is 3.96. The third kappa shape index (κ3) is 1.88. The molecule has 1 heteroatoms. The molecule has 0 fully saturated rings. The normalized spacial score (nSPS) is 9.50. The van der Waals surface area contributed by atoms with E-state index in [1.807, 2.05) is 25.1 Å². The highest BCUT2D eigenvalue weighted by atomic mass is 16.5. The van der Waals surface area contributed by atoms with Crippen LogP contribution in [0.2, 0.25) is 0 Å². The molecule has 0 atom stereocenters. The fraction of sp³-hybridized carbons (Fsp3) is 0.273. The first kappa shape index (κ1) is 8.85. The second-order valence-electron chi connectivity index (χ2n) is 2.68. The van der Waals surface area contributed by atoms with Crippen LogP contribution in [0, 0.1) is 6.92 Å². The van der Waals surface area contributed by atoms with E-state index in [4.69, 9.17) is 4.74 Å². The Morgan fingerprint density at radius 2 is 2.25 bits per heavy atom. The van der Waals surface area contributed by atoms with Crippen molar-refractivity contribution < 1.29 is 4.74 Å². The van der Waals surface area contributed by atoms with Crippen LogP contribution in [0.1, 0.15) is 18.1 Å². The summed E-state index contributed by atoms with van der Waals surface area (Å²) in [5.74, 6) is 0.915. The largest absolute Gasteiger partial charge is 0.493 e. The number of benzene rings is 1. The lowest BCUT2D eigenvalue weighted by Gasteiger charge is -2.07. The van der Waals surface area contributed by atoms with Crippen molar-refractivity contribution >= 4 is 6.08 Å². The van der Waals surface area contributed by atoms with Gasteiger partial charge >= 0.3 is 0 Å². The molecule has 1 rings (SSSR count). The number of hydrogen-bond donors (Lipinski definition) is 0. The summed E-state index contributed by atoms with van der Waals surface area (Å²) in [6, 6.07) is 6.09. The van der Waals surface area contributed by atoms with Crippen LogP contribution in [0.15, 0.2) is 24.8 Å². The maximum absolute atomic E-state index is 5.41. The van der Waals surface area contributed by atoms with E-state index >= 15 is 0 Å². The molecule has 12 heavy (non-hydrogen) atoms. The smallest absolute Gasteiger partial charge is 0.126 e. The molecule has 0 amide bonds. The third-order valence-electron chi connectivity index (χ3n) is 1.69. The second-order valence-corrected chi connectivity index (χ2v) is 2.68. The summed E-state index contributed by atoms with van der Waals surface area (Å²) >= 11 is 0. The van der Waals surface area contributed by atoms with Gasteiger partial charge in [0.2, 0.25) is 0 Å². The van der Waals surface area contributed by atoms with E-state index in [1.54, 1.807) is 0 Å². The first-order chi connectivity index (χ1) is 5.77. The van der Waals surface area contributed by atoms with Crippen LogP contribution in [0.5, 0.6) is 5.75 Å². The van der Waals surface area contributed by atoms with E-state index in [0.29, 0.717) is 6.61 Å². The maximum Gasteiger partial charge on any atom is 0.126 e. The van der Waals surface area contributed by atoms with Gasteiger partial charge in [0, 0.05) is 5.56 Å². The molecule has 0 aromatic heterocycles. The van der Waals surface area contributed by atoms with Crippen LogP contribution < -0.4 is 4.74 Å². The van der Waals surface area contributed by atoms with Crippen molar-refractivity contribution in [1.82, 2.24) is 0 Å². The average Bonchev–Trinajstić information content (AvgIpc) is 2.08. The topological polar surface area (TPSA) is 9.23 Å². The highest BCUT2D eigenvalue weighted by Crippen LogP contribution is 2.20. The molecule has 0 heterocycles. The van der Waals surface area contributed by atoms with Gasteiger partial charge in [0.15, 0.2) is 0 Å². The summed E-state index contributed by atoms with van der Waals surface area (Å²) < 4.78 is 5.41. The van der Waals surface area contributed by atoms with Crippen molar-refractivity contribution in [2.45, 2.75) is 13.8 Å². The van der Waals surface area contributed by atoms with Crippen molar-refractivity contribution in [3.63, 3.8) is 0 Å². The number of ether oxygens (including phenoxy) is 1. The molecule has 0 aliphatic rings. The zero-order valence-corrected chi connectivity index (χ0v) is 7.63. The van der Waals surface area contributed by atoms with Gasteiger partial charge in [-0.1, -0.05) is 24.3 Å². The molecule has 1 aromatic rings. The molecule has 0 aliphatic carbocycles. The molecule has 0 spiro atoms. The van der Waals surface area contributed by atoms with Gasteiger partial charge in [-0.15, -0.1) is 0 Å². The van der Waals surface area contributed by atoms with Crippen molar-refractivity contribution in [1.29, 1.82) is 0 Å². The summed E-state index contributed by atoms with van der Waals surface area (Å²) in [6.45, 7) is 8.47. The standard InChI is InChI=1S/C11H14O/c1-4-10-8-9(3)6-7-11(10)12-5-2/h4,6-8H,1,5H2,2-3H3. The lowest BCUT2D eigenvalue weighted by atomic mass is 10.1. The highest BCUT2D eigenvalue weighted by Gasteiger charge is 1.98. The summed E-state index contributed by atoms with van der Waals surface area (Å²) in [6.07, 6.45) is 1.82. The monoisotopic (exact) mass is 162 g/mol. The van der Waals surface area contributed by atoms with Crippen LogP contribution in [-0.2, 0) is 0 Å². The summed E-state index contributed by atoms with van der Waals surface area (Å²) in [5.41, 5.74) is 2.30. The van der Waals surface area contributed by atoms with E-state index in [0.717, 1.165) is 11.3 Å². The predicted octanol–water partition coefficient (Wildman–Crippen LogP) is 3.04. The van der Waals surface area contributed by atoms with Gasteiger partial charge in [-0.05, 0) is 26.0 Å². The molecule has 0 saturated heterocycles. The van der Waals surface area contributed by atoms with E-state index < -0.39 is 0 Å². The third-order valence-corrected chi connectivity index (χ3v) is 1.69. The van der Waals surface area contributed by atoms with Gasteiger partial charge in [-0.3, -0.25) is 0 Å². The summed E-state index contributed by atoms with van der Waals surface area (Å²) in [4.78, 5) is 0. The van der Waals surface area contributed by atoms with Crippen LogP contribution >= 0.6 is 0 Å². The van der Waals surface area contributed by atoms with Crippen molar-refractivity contribution in [2.75, 3.05) is 6.61 Å². The quantitative estimate of drug-likeness (QED) is 0.663. The molecule has 0 unspecified atom stereocenters. The summed E-state index contributed by atoms with van der Waals surface area (Å²) in [7, 11) is 0. The van der Waals surface area contributed by atoms with Crippen LogP contribution in [0.4, 0.5) is 0 Å². The first-order valence-corrected chi connectivity index (χ1v) is 4.13. The fourth-order valence-corrected chi connectivity index (χ4v) is 1.11. The molecule has 0 aliphatic heterocycles. The Morgan fingerprint density at radius 3 is 2.83 bits per heavy atom. The number of hydrogen-bond acceptors (Lipinski definition) is 1. The van der Waals surface area contributed by atoms with Gasteiger partial charge in [0.05, 0.1) is 6.61 Å². The van der Waals surface area contributed by atoms with Gasteiger partial charge in [0.25, 0.3) is 0 Å². The number of rotatable bonds is 3. The Labute approximate surface area is 73.7 Å². The average molecular weight is 162 g/mol. The molecule has 0 radical (unpaired) electrons. The van der Waals surface area contributed by atoms with E-state index in [9.17, 15) is 0 Å². The molecule has 0 bridgehead atoms. The van der Waals surface area contributed by atoms with E-state index in [1.165, 1.54) is 5.56 Å². The molecule has 1 nitrogen and oxygen atoms in total. The first-order valence-electron chi connectivity index (χ1n) is 4.13. The van der Waals surface area contributed by atoms with Crippen LogP contribution in [0.25, 0.3) is 6.08 Å². The zero-order chi connectivity index (χ0) is 8.97. The Hall–Kier alpha value is -1.24. The Morgan fingerprint density at radius 1 is 1.50 bits per heavy atom. The fourth-order valence-electron chi connectivity index (χ4n) is 1.11. The minimum atomic E-state index is 0.698.